The highest BCUT2D eigenvalue weighted by atomic mass is 19.1. The lowest BCUT2D eigenvalue weighted by atomic mass is 9.68. The van der Waals surface area contributed by atoms with Gasteiger partial charge in [0.1, 0.15) is 24.0 Å². The molecule has 0 atom stereocenters. The van der Waals surface area contributed by atoms with Crippen LogP contribution in [0.2, 0.25) is 0 Å². The van der Waals surface area contributed by atoms with Crippen LogP contribution in [0.15, 0.2) is 65.2 Å². The maximum absolute atomic E-state index is 15.7. The second kappa shape index (κ2) is 10.7. The van der Waals surface area contributed by atoms with Gasteiger partial charge in [-0.1, -0.05) is 65.0 Å². The zero-order valence-corrected chi connectivity index (χ0v) is 26.6. The fourth-order valence-corrected chi connectivity index (χ4v) is 7.32. The van der Waals surface area contributed by atoms with Crippen molar-refractivity contribution in [1.29, 1.82) is 0 Å². The summed E-state index contributed by atoms with van der Waals surface area (Å²) in [4.78, 5) is 0. The Morgan fingerprint density at radius 3 is 2.12 bits per heavy atom. The average molecular weight is 563 g/mol. The minimum absolute atomic E-state index is 0.245. The first-order chi connectivity index (χ1) is 19.9. The molecular weight excluding hydrogens is 517 g/mol. The van der Waals surface area contributed by atoms with Gasteiger partial charge in [0.15, 0.2) is 6.20 Å². The minimum Gasteiger partial charge on any atom is -0.454 e. The van der Waals surface area contributed by atoms with E-state index in [1.807, 2.05) is 6.07 Å². The first-order valence-corrected chi connectivity index (χ1v) is 15.7. The summed E-state index contributed by atoms with van der Waals surface area (Å²) in [6, 6.07) is 18.7. The van der Waals surface area contributed by atoms with Gasteiger partial charge in [-0.05, 0) is 103 Å². The number of hydrogen-bond acceptors (Lipinski definition) is 1. The molecule has 2 aromatic heterocycles. The maximum Gasteiger partial charge on any atom is 0.216 e. The van der Waals surface area contributed by atoms with Crippen molar-refractivity contribution in [3.05, 3.63) is 88.9 Å². The van der Waals surface area contributed by atoms with Crippen LogP contribution < -0.4 is 4.57 Å². The molecule has 0 bridgehead atoms. The molecule has 42 heavy (non-hydrogen) atoms. The summed E-state index contributed by atoms with van der Waals surface area (Å²) in [5.74, 6) is 1.54. The SMILES string of the molecule is Cc1cc(-c2c(F)ccc3c2oc2c(-c4cc(C(C)C)cc[n+]4C)c(C)ccc23)ccc1C1CCC(C(C)(C)C)CC1. The van der Waals surface area contributed by atoms with Crippen LogP contribution in [0.1, 0.15) is 94.4 Å². The third-order valence-corrected chi connectivity index (χ3v) is 10.0. The molecule has 2 nitrogen and oxygen atoms in total. The van der Waals surface area contributed by atoms with Gasteiger partial charge in [-0.2, -0.15) is 0 Å². The van der Waals surface area contributed by atoms with Crippen molar-refractivity contribution in [2.75, 3.05) is 0 Å². The zero-order valence-electron chi connectivity index (χ0n) is 26.6. The Hall–Kier alpha value is -3.46. The lowest BCUT2D eigenvalue weighted by Crippen LogP contribution is -2.31. The first kappa shape index (κ1) is 28.6. The summed E-state index contributed by atoms with van der Waals surface area (Å²) in [5, 5.41) is 1.97. The number of benzene rings is 3. The Morgan fingerprint density at radius 1 is 0.810 bits per heavy atom. The number of hydrogen-bond donors (Lipinski definition) is 0. The van der Waals surface area contributed by atoms with Gasteiger partial charge in [-0.3, -0.25) is 0 Å². The molecule has 5 aromatic rings. The van der Waals surface area contributed by atoms with Crippen LogP contribution in [0.5, 0.6) is 0 Å². The van der Waals surface area contributed by atoms with Crippen LogP contribution in [0.25, 0.3) is 44.3 Å². The second-order valence-electron chi connectivity index (χ2n) is 14.1. The van der Waals surface area contributed by atoms with Gasteiger partial charge in [-0.15, -0.1) is 0 Å². The number of furan rings is 1. The highest BCUT2D eigenvalue weighted by molar-refractivity contribution is 6.13. The van der Waals surface area contributed by atoms with E-state index >= 15 is 4.39 Å². The molecule has 0 saturated heterocycles. The zero-order chi connectivity index (χ0) is 29.9. The quantitative estimate of drug-likeness (QED) is 0.199. The van der Waals surface area contributed by atoms with Gasteiger partial charge in [0.05, 0.1) is 11.1 Å². The van der Waals surface area contributed by atoms with Crippen molar-refractivity contribution in [2.45, 2.75) is 86.0 Å². The molecule has 0 amide bonds. The van der Waals surface area contributed by atoms with Crippen molar-refractivity contribution in [1.82, 2.24) is 0 Å². The summed E-state index contributed by atoms with van der Waals surface area (Å²) in [7, 11) is 2.07. The van der Waals surface area contributed by atoms with E-state index in [-0.39, 0.29) is 5.82 Å². The number of halogens is 1. The van der Waals surface area contributed by atoms with Crippen LogP contribution in [0, 0.1) is 31.0 Å². The Morgan fingerprint density at radius 2 is 1.48 bits per heavy atom. The molecule has 3 heteroatoms. The summed E-state index contributed by atoms with van der Waals surface area (Å²) in [6.45, 7) is 15.9. The van der Waals surface area contributed by atoms with Gasteiger partial charge in [0.2, 0.25) is 5.69 Å². The van der Waals surface area contributed by atoms with Crippen LogP contribution in [0.3, 0.4) is 0 Å². The Balaban J connectivity index is 1.45. The van der Waals surface area contributed by atoms with Crippen molar-refractivity contribution in [3.63, 3.8) is 0 Å². The first-order valence-electron chi connectivity index (χ1n) is 15.7. The number of rotatable bonds is 4. The Bertz CT molecular complexity index is 1790. The summed E-state index contributed by atoms with van der Waals surface area (Å²) in [6.07, 6.45) is 7.14. The Kier molecular flexibility index (Phi) is 7.28. The van der Waals surface area contributed by atoms with E-state index in [2.05, 4.69) is 109 Å². The van der Waals surface area contributed by atoms with E-state index < -0.39 is 0 Å². The van der Waals surface area contributed by atoms with Gasteiger partial charge < -0.3 is 4.42 Å². The van der Waals surface area contributed by atoms with Crippen LogP contribution in [-0.4, -0.2) is 0 Å². The fraction of sp³-hybridized carbons (Fsp3) is 0.410. The van der Waals surface area contributed by atoms with Gasteiger partial charge >= 0.3 is 0 Å². The molecule has 1 aliphatic carbocycles. The van der Waals surface area contributed by atoms with E-state index in [1.165, 1.54) is 42.4 Å². The highest BCUT2D eigenvalue weighted by Crippen LogP contribution is 2.45. The van der Waals surface area contributed by atoms with Crippen molar-refractivity contribution < 1.29 is 13.4 Å². The third kappa shape index (κ3) is 4.95. The van der Waals surface area contributed by atoms with E-state index in [9.17, 15) is 0 Å². The third-order valence-electron chi connectivity index (χ3n) is 10.0. The van der Waals surface area contributed by atoms with Crippen LogP contribution >= 0.6 is 0 Å². The number of aromatic nitrogens is 1. The molecule has 0 radical (unpaired) electrons. The summed E-state index contributed by atoms with van der Waals surface area (Å²) in [5.41, 5.74) is 10.5. The molecule has 218 valence electrons. The molecule has 0 spiro atoms. The molecular formula is C39H45FNO+. The normalized spacial score (nSPS) is 18.0. The predicted molar refractivity (Wildman–Crippen MR) is 173 cm³/mol. The van der Waals surface area contributed by atoms with Crippen molar-refractivity contribution in [2.24, 2.45) is 18.4 Å². The molecule has 6 rings (SSSR count). The summed E-state index contributed by atoms with van der Waals surface area (Å²) < 4.78 is 24.6. The number of fused-ring (bicyclic) bond motifs is 3. The standard InChI is InChI=1S/C39H45FNO/c1-23(2)27-19-20-41(8)34(22-27)35-24(3)9-15-31-32-17-18-33(40)36(38(32)42-37(31)35)28-12-16-30(25(4)21-28)26-10-13-29(14-11-26)39(5,6)7/h9,12,15-23,26,29H,10-11,13-14H2,1-8H3/q+1. The number of pyridine rings is 1. The molecule has 1 aliphatic rings. The molecule has 0 aliphatic heterocycles. The van der Waals surface area contributed by atoms with Gasteiger partial charge in [-0.25, -0.2) is 8.96 Å². The second-order valence-corrected chi connectivity index (χ2v) is 14.1. The lowest BCUT2D eigenvalue weighted by molar-refractivity contribution is -0.660. The fourth-order valence-electron chi connectivity index (χ4n) is 7.32. The molecule has 2 heterocycles. The smallest absolute Gasteiger partial charge is 0.216 e. The van der Waals surface area contributed by atoms with Gasteiger partial charge in [0.25, 0.3) is 0 Å². The average Bonchev–Trinajstić information content (AvgIpc) is 3.31. The number of nitrogens with zero attached hydrogens (tertiary/aromatic N) is 1. The van der Waals surface area contributed by atoms with Crippen LogP contribution in [0.4, 0.5) is 4.39 Å². The predicted octanol–water partition coefficient (Wildman–Crippen LogP) is 10.9. The maximum atomic E-state index is 15.7. The largest absolute Gasteiger partial charge is 0.454 e. The summed E-state index contributed by atoms with van der Waals surface area (Å²) >= 11 is 0. The van der Waals surface area contributed by atoms with Crippen molar-refractivity contribution >= 4 is 21.9 Å². The molecule has 3 aromatic carbocycles. The number of aryl methyl sites for hydroxylation is 3. The molecule has 0 unspecified atom stereocenters. The molecule has 0 N–H and O–H groups in total. The van der Waals surface area contributed by atoms with Crippen molar-refractivity contribution in [3.8, 4) is 22.4 Å². The Labute approximate surface area is 250 Å². The topological polar surface area (TPSA) is 17.0 Å². The van der Waals surface area contributed by atoms with E-state index in [0.29, 0.717) is 28.4 Å². The molecule has 1 saturated carbocycles. The highest BCUT2D eigenvalue weighted by Gasteiger charge is 2.31. The van der Waals surface area contributed by atoms with E-state index in [4.69, 9.17) is 4.42 Å². The monoisotopic (exact) mass is 562 g/mol. The van der Waals surface area contributed by atoms with Gasteiger partial charge in [0, 0.05) is 22.9 Å². The minimum atomic E-state index is -0.245. The van der Waals surface area contributed by atoms with E-state index in [1.54, 1.807) is 6.07 Å². The molecule has 1 fully saturated rings. The lowest BCUT2D eigenvalue weighted by Gasteiger charge is -2.37. The van der Waals surface area contributed by atoms with E-state index in [0.717, 1.165) is 44.7 Å². The van der Waals surface area contributed by atoms with Crippen LogP contribution in [-0.2, 0) is 7.05 Å².